The van der Waals surface area contributed by atoms with E-state index in [9.17, 15) is 0 Å². The Morgan fingerprint density at radius 3 is 1.72 bits per heavy atom. The van der Waals surface area contributed by atoms with Gasteiger partial charge in [-0.1, -0.05) is 47.9 Å². The van der Waals surface area contributed by atoms with Crippen molar-refractivity contribution in [3.05, 3.63) is 159 Å². The smallest absolute Gasteiger partial charge is 0 e. The van der Waals surface area contributed by atoms with E-state index in [1.54, 1.807) is 0 Å². The zero-order chi connectivity index (χ0) is 16.8. The van der Waals surface area contributed by atoms with Gasteiger partial charge in [-0.3, -0.25) is 0 Å². The molecule has 0 radical (unpaired) electrons. The van der Waals surface area contributed by atoms with Gasteiger partial charge in [0.1, 0.15) is 0 Å². The van der Waals surface area contributed by atoms with Gasteiger partial charge in [-0.25, -0.2) is 12.1 Å². The van der Waals surface area contributed by atoms with E-state index in [1.807, 2.05) is 30.3 Å². The van der Waals surface area contributed by atoms with Crippen molar-refractivity contribution in [1.29, 1.82) is 0 Å². The molecule has 0 bridgehead atoms. The van der Waals surface area contributed by atoms with Crippen LogP contribution in [-0.2, 0) is 38.7 Å². The Bertz CT molecular complexity index is 850. The number of rotatable bonds is 3. The Labute approximate surface area is 221 Å². The van der Waals surface area contributed by atoms with Crippen molar-refractivity contribution < 1.29 is 25.8 Å². The number of benzene rings is 2. The van der Waals surface area contributed by atoms with E-state index in [0.29, 0.717) is 0 Å². The van der Waals surface area contributed by atoms with Gasteiger partial charge in [0.15, 0.2) is 0 Å². The minimum atomic E-state index is 0. The molecule has 0 nitrogen and oxygen atoms in total. The Morgan fingerprint density at radius 1 is 0.688 bits per heavy atom. The number of fused-ring (bicyclic) bond motifs is 1. The molecule has 0 aliphatic carbocycles. The molecule has 0 saturated heterocycles. The van der Waals surface area contributed by atoms with Crippen molar-refractivity contribution >= 4 is 10.8 Å². The fourth-order valence-corrected chi connectivity index (χ4v) is 3.00. The summed E-state index contributed by atoms with van der Waals surface area (Å²) in [6, 6.07) is 29.9. The average Bonchev–Trinajstić information content (AvgIpc) is 3.28. The molecule has 0 fully saturated rings. The third kappa shape index (κ3) is 12.3. The van der Waals surface area contributed by atoms with Gasteiger partial charge in [-0.2, -0.15) is 24.3 Å². The van der Waals surface area contributed by atoms with Crippen LogP contribution in [0.25, 0.3) is 10.8 Å². The minimum absolute atomic E-state index is 0. The maximum Gasteiger partial charge on any atom is 0 e. The maximum absolute atomic E-state index is 2.34. The second-order valence-electron chi connectivity index (χ2n) is 6.33. The first kappa shape index (κ1) is 44.0. The Hall–Kier alpha value is -1.73. The standard InChI is InChI=1S/C19H19.C5H5.7CH3.Hf/c1-14-12-18-11-10-17(19(18)13-15(14)2)9-8-16-6-4-3-5-7-16;1-2-4-5-3-1;;;;;;;;/h3-7,10-13H,8-9H2,1-2H3;1-5H;7*1H3;/q9*-1;. The molecule has 0 aromatic heterocycles. The van der Waals surface area contributed by atoms with Crippen molar-refractivity contribution in [2.24, 2.45) is 0 Å². The molecule has 4 rings (SSSR count). The summed E-state index contributed by atoms with van der Waals surface area (Å²) in [7, 11) is 0. The SMILES string of the molecule is Cc1cc2cc[c-](CCc3ccccc3)c2cc1C.[CH3-].[CH3-].[CH3-].[CH3-].[CH3-].[CH3-].[CH3-].[Hf].c1cc[cH-]c1. The van der Waals surface area contributed by atoms with Gasteiger partial charge in [0, 0.05) is 25.8 Å². The van der Waals surface area contributed by atoms with Gasteiger partial charge in [-0.05, 0) is 25.8 Å². The van der Waals surface area contributed by atoms with Gasteiger partial charge >= 0.3 is 0 Å². The summed E-state index contributed by atoms with van der Waals surface area (Å²) in [5, 5.41) is 2.81. The fourth-order valence-electron chi connectivity index (χ4n) is 3.00. The molecule has 0 heterocycles. The van der Waals surface area contributed by atoms with Crippen LogP contribution in [0, 0.1) is 65.8 Å². The van der Waals surface area contributed by atoms with Crippen LogP contribution in [0.15, 0.2) is 84.9 Å². The zero-order valence-electron chi connectivity index (χ0n) is 22.0. The third-order valence-corrected chi connectivity index (χ3v) is 4.56. The van der Waals surface area contributed by atoms with E-state index >= 15 is 0 Å². The first-order valence-corrected chi connectivity index (χ1v) is 8.60. The van der Waals surface area contributed by atoms with Crippen LogP contribution in [0.5, 0.6) is 0 Å². The zero-order valence-corrected chi connectivity index (χ0v) is 25.6. The van der Waals surface area contributed by atoms with Gasteiger partial charge in [0.2, 0.25) is 0 Å². The van der Waals surface area contributed by atoms with E-state index in [-0.39, 0.29) is 77.8 Å². The van der Waals surface area contributed by atoms with Crippen LogP contribution in [0.4, 0.5) is 0 Å². The molecule has 4 aromatic carbocycles. The average molecular weight is 596 g/mol. The number of hydrogen-bond acceptors (Lipinski definition) is 0. The first-order valence-electron chi connectivity index (χ1n) is 8.60. The molecule has 0 aliphatic heterocycles. The van der Waals surface area contributed by atoms with E-state index < -0.39 is 0 Å². The molecule has 0 aliphatic rings. The molecular weight excluding hydrogens is 551 g/mol. The summed E-state index contributed by atoms with van der Waals surface area (Å²) >= 11 is 0. The van der Waals surface area contributed by atoms with E-state index in [1.165, 1.54) is 33.0 Å². The van der Waals surface area contributed by atoms with Crippen LogP contribution in [-0.4, -0.2) is 0 Å². The molecule has 182 valence electrons. The number of hydrogen-bond donors (Lipinski definition) is 0. The first-order chi connectivity index (χ1) is 11.7. The molecular formula is C31H45Hf-9. The summed E-state index contributed by atoms with van der Waals surface area (Å²) in [6.07, 6.45) is 2.24. The monoisotopic (exact) mass is 597 g/mol. The Balaban J connectivity index is -0.000000117. The summed E-state index contributed by atoms with van der Waals surface area (Å²) in [6.45, 7) is 4.38. The molecule has 4 aromatic rings. The fraction of sp³-hybridized carbons (Fsp3) is 0.129. The van der Waals surface area contributed by atoms with Crippen molar-refractivity contribution in [2.45, 2.75) is 26.7 Å². The third-order valence-electron chi connectivity index (χ3n) is 4.56. The normalized spacial score (nSPS) is 7.81. The quantitative estimate of drug-likeness (QED) is 0.163. The van der Waals surface area contributed by atoms with E-state index in [0.717, 1.165) is 12.8 Å². The molecule has 0 unspecified atom stereocenters. The van der Waals surface area contributed by atoms with Crippen LogP contribution in [0.1, 0.15) is 22.3 Å². The van der Waals surface area contributed by atoms with Crippen molar-refractivity contribution in [1.82, 2.24) is 0 Å². The van der Waals surface area contributed by atoms with Gasteiger partial charge in [0.05, 0.1) is 0 Å². The van der Waals surface area contributed by atoms with Crippen LogP contribution < -0.4 is 0 Å². The molecule has 0 N–H and O–H groups in total. The Kier molecular flexibility index (Phi) is 30.9. The van der Waals surface area contributed by atoms with E-state index in [4.69, 9.17) is 0 Å². The van der Waals surface area contributed by atoms with Crippen LogP contribution >= 0.6 is 0 Å². The van der Waals surface area contributed by atoms with Crippen LogP contribution in [0.3, 0.4) is 0 Å². The topological polar surface area (TPSA) is 0 Å². The van der Waals surface area contributed by atoms with Crippen molar-refractivity contribution in [3.8, 4) is 0 Å². The van der Waals surface area contributed by atoms with Gasteiger partial charge < -0.3 is 52.0 Å². The van der Waals surface area contributed by atoms with E-state index in [2.05, 4.69) is 68.4 Å². The molecule has 1 heteroatoms. The van der Waals surface area contributed by atoms with Crippen molar-refractivity contribution in [3.63, 3.8) is 0 Å². The molecule has 0 spiro atoms. The predicted octanol–water partition coefficient (Wildman–Crippen LogP) is 9.52. The largest absolute Gasteiger partial charge is 0.358 e. The summed E-state index contributed by atoms with van der Waals surface area (Å²) in [4.78, 5) is 0. The summed E-state index contributed by atoms with van der Waals surface area (Å²) < 4.78 is 0. The van der Waals surface area contributed by atoms with Gasteiger partial charge in [-0.15, -0.1) is 34.5 Å². The number of aryl methyl sites for hydroxylation is 4. The summed E-state index contributed by atoms with van der Waals surface area (Å²) in [5.74, 6) is 0. The molecule has 0 saturated carbocycles. The minimum Gasteiger partial charge on any atom is -0.358 e. The molecule has 0 atom stereocenters. The second-order valence-corrected chi connectivity index (χ2v) is 6.33. The maximum atomic E-state index is 2.34. The van der Waals surface area contributed by atoms with Gasteiger partial charge in [0.25, 0.3) is 0 Å². The Morgan fingerprint density at radius 2 is 1.22 bits per heavy atom. The van der Waals surface area contributed by atoms with Crippen LogP contribution in [0.2, 0.25) is 0 Å². The van der Waals surface area contributed by atoms with Crippen molar-refractivity contribution in [2.75, 3.05) is 0 Å². The molecule has 0 amide bonds. The second kappa shape index (κ2) is 22.5. The predicted molar refractivity (Wildman–Crippen MR) is 150 cm³/mol. The molecule has 32 heavy (non-hydrogen) atoms. The summed E-state index contributed by atoms with van der Waals surface area (Å²) in [5.41, 5.74) is 5.66.